The monoisotopic (exact) mass is 330 g/mol. The molecule has 1 aromatic rings. The number of ether oxygens (including phenoxy) is 1. The predicted octanol–water partition coefficient (Wildman–Crippen LogP) is 1.86. The van der Waals surface area contributed by atoms with Gasteiger partial charge in [-0.3, -0.25) is 9.59 Å². The van der Waals surface area contributed by atoms with Gasteiger partial charge in [0, 0.05) is 45.6 Å². The number of hydrogen-bond acceptors (Lipinski definition) is 3. The van der Waals surface area contributed by atoms with Gasteiger partial charge in [-0.05, 0) is 24.8 Å². The summed E-state index contributed by atoms with van der Waals surface area (Å²) in [5.74, 6) is 0.324. The summed E-state index contributed by atoms with van der Waals surface area (Å²) < 4.78 is 5.82. The molecule has 0 atom stereocenters. The van der Waals surface area contributed by atoms with E-state index in [0.717, 1.165) is 32.4 Å². The normalized spacial score (nSPS) is 18.1. The molecule has 1 aromatic carbocycles. The summed E-state index contributed by atoms with van der Waals surface area (Å²) in [6.07, 6.45) is 4.21. The number of nitrogens with zero attached hydrogens (tertiary/aromatic N) is 2. The Hall–Kier alpha value is -1.88. The molecule has 5 heteroatoms. The van der Waals surface area contributed by atoms with E-state index >= 15 is 0 Å². The van der Waals surface area contributed by atoms with Crippen LogP contribution in [-0.2, 0) is 20.7 Å². The standard InChI is InChI=1S/C19H26N2O3/c22-18-9-4-11-20(18)12-10-19(23)21-14-17(15-21)24-13-5-8-16-6-2-1-3-7-16/h1-3,6-7,17H,4-5,8-15H2. The molecule has 24 heavy (non-hydrogen) atoms. The lowest BCUT2D eigenvalue weighted by Gasteiger charge is -2.39. The third kappa shape index (κ3) is 4.57. The first-order valence-electron chi connectivity index (χ1n) is 8.93. The van der Waals surface area contributed by atoms with Gasteiger partial charge in [0.2, 0.25) is 11.8 Å². The molecule has 2 fully saturated rings. The highest BCUT2D eigenvalue weighted by atomic mass is 16.5. The van der Waals surface area contributed by atoms with Crippen LogP contribution in [-0.4, -0.2) is 60.5 Å². The van der Waals surface area contributed by atoms with Crippen molar-refractivity contribution in [3.63, 3.8) is 0 Å². The highest BCUT2D eigenvalue weighted by Gasteiger charge is 2.31. The number of carbonyl (C=O) groups excluding carboxylic acids is 2. The third-order valence-corrected chi connectivity index (χ3v) is 4.77. The van der Waals surface area contributed by atoms with Crippen LogP contribution in [0, 0.1) is 0 Å². The average molecular weight is 330 g/mol. The van der Waals surface area contributed by atoms with Crippen molar-refractivity contribution in [2.75, 3.05) is 32.8 Å². The number of amides is 2. The Labute approximate surface area is 143 Å². The van der Waals surface area contributed by atoms with Gasteiger partial charge in [0.25, 0.3) is 0 Å². The van der Waals surface area contributed by atoms with E-state index in [0.29, 0.717) is 32.5 Å². The fourth-order valence-corrected chi connectivity index (χ4v) is 3.25. The van der Waals surface area contributed by atoms with Gasteiger partial charge in [0.05, 0.1) is 6.10 Å². The summed E-state index contributed by atoms with van der Waals surface area (Å²) in [4.78, 5) is 27.2. The summed E-state index contributed by atoms with van der Waals surface area (Å²) in [6, 6.07) is 10.4. The van der Waals surface area contributed by atoms with E-state index in [4.69, 9.17) is 4.74 Å². The second-order valence-corrected chi connectivity index (χ2v) is 6.62. The maximum absolute atomic E-state index is 12.1. The minimum atomic E-state index is 0.138. The second-order valence-electron chi connectivity index (χ2n) is 6.62. The molecule has 0 N–H and O–H groups in total. The van der Waals surface area contributed by atoms with Crippen molar-refractivity contribution >= 4 is 11.8 Å². The minimum Gasteiger partial charge on any atom is -0.375 e. The van der Waals surface area contributed by atoms with Crippen molar-refractivity contribution in [1.29, 1.82) is 0 Å². The maximum Gasteiger partial charge on any atom is 0.224 e. The molecule has 2 heterocycles. The van der Waals surface area contributed by atoms with Crippen molar-refractivity contribution in [3.05, 3.63) is 35.9 Å². The summed E-state index contributed by atoms with van der Waals surface area (Å²) in [5.41, 5.74) is 1.34. The number of carbonyl (C=O) groups is 2. The molecule has 2 aliphatic heterocycles. The van der Waals surface area contributed by atoms with E-state index in [1.165, 1.54) is 5.56 Å². The Kier molecular flexibility index (Phi) is 5.86. The van der Waals surface area contributed by atoms with E-state index in [-0.39, 0.29) is 17.9 Å². The van der Waals surface area contributed by atoms with E-state index in [1.807, 2.05) is 11.0 Å². The highest BCUT2D eigenvalue weighted by Crippen LogP contribution is 2.15. The Morgan fingerprint density at radius 1 is 1.21 bits per heavy atom. The fourth-order valence-electron chi connectivity index (χ4n) is 3.25. The van der Waals surface area contributed by atoms with Gasteiger partial charge >= 0.3 is 0 Å². The van der Waals surface area contributed by atoms with Gasteiger partial charge in [0.1, 0.15) is 0 Å². The van der Waals surface area contributed by atoms with Crippen LogP contribution in [0.15, 0.2) is 30.3 Å². The van der Waals surface area contributed by atoms with Crippen molar-refractivity contribution in [2.45, 2.75) is 38.2 Å². The topological polar surface area (TPSA) is 49.9 Å². The zero-order valence-electron chi connectivity index (χ0n) is 14.2. The van der Waals surface area contributed by atoms with E-state index < -0.39 is 0 Å². The van der Waals surface area contributed by atoms with E-state index in [1.54, 1.807) is 4.90 Å². The molecule has 5 nitrogen and oxygen atoms in total. The largest absolute Gasteiger partial charge is 0.375 e. The quantitative estimate of drug-likeness (QED) is 0.684. The molecule has 0 aliphatic carbocycles. The lowest BCUT2D eigenvalue weighted by molar-refractivity contribution is -0.145. The number of likely N-dealkylation sites (tertiary alicyclic amines) is 2. The minimum absolute atomic E-state index is 0.138. The Bertz CT molecular complexity index is 555. The van der Waals surface area contributed by atoms with Crippen LogP contribution in [0.5, 0.6) is 0 Å². The lowest BCUT2D eigenvalue weighted by atomic mass is 10.1. The molecule has 0 radical (unpaired) electrons. The molecular formula is C19H26N2O3. The number of aryl methyl sites for hydroxylation is 1. The lowest BCUT2D eigenvalue weighted by Crippen LogP contribution is -2.55. The molecule has 130 valence electrons. The highest BCUT2D eigenvalue weighted by molar-refractivity contribution is 5.80. The maximum atomic E-state index is 12.1. The smallest absolute Gasteiger partial charge is 0.224 e. The molecule has 0 spiro atoms. The van der Waals surface area contributed by atoms with Crippen molar-refractivity contribution in [2.24, 2.45) is 0 Å². The van der Waals surface area contributed by atoms with Gasteiger partial charge in [-0.2, -0.15) is 0 Å². The first kappa shape index (κ1) is 17.0. The van der Waals surface area contributed by atoms with Crippen LogP contribution >= 0.6 is 0 Å². The van der Waals surface area contributed by atoms with Crippen molar-refractivity contribution in [3.8, 4) is 0 Å². The summed E-state index contributed by atoms with van der Waals surface area (Å²) in [7, 11) is 0. The van der Waals surface area contributed by atoms with Gasteiger partial charge in [-0.15, -0.1) is 0 Å². The Morgan fingerprint density at radius 2 is 2.00 bits per heavy atom. The van der Waals surface area contributed by atoms with E-state index in [2.05, 4.69) is 24.3 Å². The fraction of sp³-hybridized carbons (Fsp3) is 0.579. The molecule has 3 rings (SSSR count). The average Bonchev–Trinajstić information content (AvgIpc) is 2.97. The molecule has 0 aromatic heterocycles. The molecule has 2 amide bonds. The van der Waals surface area contributed by atoms with Gasteiger partial charge < -0.3 is 14.5 Å². The first-order chi connectivity index (χ1) is 11.7. The molecule has 2 saturated heterocycles. The van der Waals surface area contributed by atoms with Gasteiger partial charge in [0.15, 0.2) is 0 Å². The Morgan fingerprint density at radius 3 is 2.71 bits per heavy atom. The van der Waals surface area contributed by atoms with Gasteiger partial charge in [-0.25, -0.2) is 0 Å². The van der Waals surface area contributed by atoms with Crippen LogP contribution in [0.3, 0.4) is 0 Å². The van der Waals surface area contributed by atoms with Crippen LogP contribution in [0.2, 0.25) is 0 Å². The molecular weight excluding hydrogens is 304 g/mol. The molecule has 2 aliphatic rings. The van der Waals surface area contributed by atoms with Crippen LogP contribution in [0.1, 0.15) is 31.2 Å². The van der Waals surface area contributed by atoms with Crippen molar-refractivity contribution < 1.29 is 14.3 Å². The summed E-state index contributed by atoms with van der Waals surface area (Å²) in [5, 5.41) is 0. The first-order valence-corrected chi connectivity index (χ1v) is 8.93. The van der Waals surface area contributed by atoms with Crippen LogP contribution in [0.4, 0.5) is 0 Å². The van der Waals surface area contributed by atoms with E-state index in [9.17, 15) is 9.59 Å². The third-order valence-electron chi connectivity index (χ3n) is 4.77. The molecule has 0 bridgehead atoms. The SMILES string of the molecule is O=C1CCCN1CCC(=O)N1CC(OCCCc2ccccc2)C1. The van der Waals surface area contributed by atoms with Crippen LogP contribution < -0.4 is 0 Å². The Balaban J connectivity index is 1.24. The van der Waals surface area contributed by atoms with Crippen molar-refractivity contribution in [1.82, 2.24) is 9.80 Å². The zero-order valence-corrected chi connectivity index (χ0v) is 14.2. The van der Waals surface area contributed by atoms with Gasteiger partial charge in [-0.1, -0.05) is 30.3 Å². The zero-order chi connectivity index (χ0) is 16.8. The predicted molar refractivity (Wildman–Crippen MR) is 91.5 cm³/mol. The summed E-state index contributed by atoms with van der Waals surface area (Å²) >= 11 is 0. The number of benzene rings is 1. The summed E-state index contributed by atoms with van der Waals surface area (Å²) in [6.45, 7) is 3.50. The molecule has 0 unspecified atom stereocenters. The number of hydrogen-bond donors (Lipinski definition) is 0. The van der Waals surface area contributed by atoms with Crippen LogP contribution in [0.25, 0.3) is 0 Å². The number of rotatable bonds is 8. The second kappa shape index (κ2) is 8.29. The molecule has 0 saturated carbocycles.